The molecular formula is C24H26FN9O3. The number of carbonyl (C=O) groups excluding carboxylic acids is 1. The zero-order valence-corrected chi connectivity index (χ0v) is 20.4. The van der Waals surface area contributed by atoms with Crippen molar-refractivity contribution in [2.75, 3.05) is 24.7 Å². The van der Waals surface area contributed by atoms with Crippen molar-refractivity contribution in [2.24, 2.45) is 7.05 Å². The number of hydrogen-bond acceptors (Lipinski definition) is 10. The smallest absolute Gasteiger partial charge is 0.273 e. The molecule has 1 aromatic carbocycles. The van der Waals surface area contributed by atoms with Gasteiger partial charge in [-0.1, -0.05) is 6.07 Å². The van der Waals surface area contributed by atoms with Crippen LogP contribution in [-0.2, 0) is 12.6 Å². The maximum Gasteiger partial charge on any atom is 0.273 e. The van der Waals surface area contributed by atoms with Crippen molar-refractivity contribution >= 4 is 28.9 Å². The minimum atomic E-state index is -2.77. The number of para-hydroxylation sites is 1. The van der Waals surface area contributed by atoms with Crippen molar-refractivity contribution in [1.82, 2.24) is 35.3 Å². The Bertz CT molecular complexity index is 1540. The largest absolute Gasteiger partial charge is 0.494 e. The Kier molecular flexibility index (Phi) is 5.93. The Morgan fingerprint density at radius 2 is 1.89 bits per heavy atom. The molecule has 13 heteroatoms. The van der Waals surface area contributed by atoms with Crippen molar-refractivity contribution in [3.8, 4) is 17.1 Å². The average molecular weight is 511 g/mol. The zero-order chi connectivity index (χ0) is 29.2. The van der Waals surface area contributed by atoms with Crippen LogP contribution in [0.15, 0.2) is 42.7 Å². The Morgan fingerprint density at radius 1 is 1.14 bits per heavy atom. The number of nitrogens with one attached hydrogen (secondary N) is 3. The van der Waals surface area contributed by atoms with Crippen LogP contribution in [0.4, 0.5) is 27.4 Å². The van der Waals surface area contributed by atoms with Gasteiger partial charge in [0.05, 0.1) is 42.1 Å². The first-order valence-electron chi connectivity index (χ1n) is 12.4. The molecule has 0 aliphatic rings. The quantitative estimate of drug-likeness (QED) is 0.278. The van der Waals surface area contributed by atoms with E-state index in [1.54, 1.807) is 45.2 Å². The van der Waals surface area contributed by atoms with E-state index in [4.69, 9.17) is 8.85 Å². The summed E-state index contributed by atoms with van der Waals surface area (Å²) in [7, 11) is 3.08. The highest BCUT2D eigenvalue weighted by atomic mass is 19.1. The molecule has 0 aliphatic heterocycles. The van der Waals surface area contributed by atoms with Gasteiger partial charge in [0, 0.05) is 30.3 Å². The number of carbonyl (C=O) groups is 1. The first-order chi connectivity index (χ1) is 18.7. The third kappa shape index (κ3) is 5.46. The Morgan fingerprint density at radius 3 is 2.54 bits per heavy atom. The fourth-order valence-electron chi connectivity index (χ4n) is 3.64. The molecule has 0 radical (unpaired) electrons. The molecule has 0 saturated carbocycles. The molecular weight excluding hydrogens is 481 g/mol. The normalized spacial score (nSPS) is 12.8. The van der Waals surface area contributed by atoms with Crippen LogP contribution in [0.5, 0.6) is 5.75 Å². The second-order valence-electron chi connectivity index (χ2n) is 8.40. The lowest BCUT2D eigenvalue weighted by Gasteiger charge is -2.16. The van der Waals surface area contributed by atoms with Crippen molar-refractivity contribution in [3.63, 3.8) is 0 Å². The number of aliphatic hydroxyl groups is 1. The van der Waals surface area contributed by atoms with Crippen LogP contribution < -0.4 is 20.7 Å². The van der Waals surface area contributed by atoms with Crippen molar-refractivity contribution in [2.45, 2.75) is 19.4 Å². The predicted octanol–water partition coefficient (Wildman–Crippen LogP) is 2.89. The SMILES string of the molecule is [2H]C([2H])([2H])NC(=O)c1nnc(Nc2cc(C(C)(C)O)n(C)n2)cc1Nc1cccc(-c2ncc(F)cn2)c1OC. The van der Waals surface area contributed by atoms with Crippen LogP contribution in [0, 0.1) is 5.82 Å². The van der Waals surface area contributed by atoms with Crippen molar-refractivity contribution in [1.29, 1.82) is 0 Å². The monoisotopic (exact) mass is 510 g/mol. The molecule has 4 rings (SSSR count). The molecule has 0 spiro atoms. The summed E-state index contributed by atoms with van der Waals surface area (Å²) in [6, 6.07) is 8.02. The van der Waals surface area contributed by atoms with E-state index in [1.165, 1.54) is 17.9 Å². The van der Waals surface area contributed by atoms with E-state index in [1.807, 2.05) is 5.32 Å². The lowest BCUT2D eigenvalue weighted by Crippen LogP contribution is -2.21. The minimum Gasteiger partial charge on any atom is -0.494 e. The number of hydrogen-bond donors (Lipinski definition) is 4. The number of halogens is 1. The van der Waals surface area contributed by atoms with Gasteiger partial charge in [0.15, 0.2) is 34.7 Å². The van der Waals surface area contributed by atoms with Gasteiger partial charge < -0.3 is 25.8 Å². The lowest BCUT2D eigenvalue weighted by atomic mass is 10.1. The second-order valence-corrected chi connectivity index (χ2v) is 8.40. The molecule has 0 saturated heterocycles. The summed E-state index contributed by atoms with van der Waals surface area (Å²) in [5, 5.41) is 30.5. The molecule has 0 atom stereocenters. The third-order valence-corrected chi connectivity index (χ3v) is 5.24. The lowest BCUT2D eigenvalue weighted by molar-refractivity contribution is 0.0695. The number of rotatable bonds is 8. The Hall–Kier alpha value is -4.65. The molecule has 1 amide bonds. The van der Waals surface area contributed by atoms with Gasteiger partial charge in [0.1, 0.15) is 5.60 Å². The molecule has 0 unspecified atom stereocenters. The average Bonchev–Trinajstić information content (AvgIpc) is 3.24. The summed E-state index contributed by atoms with van der Waals surface area (Å²) in [5.41, 5.74) is -0.100. The molecule has 12 nitrogen and oxygen atoms in total. The maximum atomic E-state index is 13.4. The van der Waals surface area contributed by atoms with E-state index in [9.17, 15) is 14.3 Å². The van der Waals surface area contributed by atoms with E-state index in [0.717, 1.165) is 12.4 Å². The highest BCUT2D eigenvalue weighted by molar-refractivity contribution is 5.99. The van der Waals surface area contributed by atoms with Crippen LogP contribution in [0.2, 0.25) is 0 Å². The van der Waals surface area contributed by atoms with Gasteiger partial charge in [0.2, 0.25) is 0 Å². The molecule has 37 heavy (non-hydrogen) atoms. The Labute approximate surface area is 216 Å². The molecule has 0 aliphatic carbocycles. The number of nitrogens with zero attached hydrogens (tertiary/aromatic N) is 6. The van der Waals surface area contributed by atoms with Gasteiger partial charge in [-0.3, -0.25) is 9.48 Å². The van der Waals surface area contributed by atoms with E-state index < -0.39 is 24.3 Å². The van der Waals surface area contributed by atoms with E-state index >= 15 is 0 Å². The summed E-state index contributed by atoms with van der Waals surface area (Å²) in [6.07, 6.45) is 2.04. The minimum absolute atomic E-state index is 0.0772. The number of amides is 1. The van der Waals surface area contributed by atoms with Gasteiger partial charge in [-0.05, 0) is 26.0 Å². The Balaban J connectivity index is 1.75. The van der Waals surface area contributed by atoms with Gasteiger partial charge >= 0.3 is 0 Å². The molecule has 3 aromatic heterocycles. The highest BCUT2D eigenvalue weighted by Crippen LogP contribution is 2.37. The number of methoxy groups -OCH3 is 1. The van der Waals surface area contributed by atoms with Crippen LogP contribution in [0.1, 0.15) is 34.1 Å². The highest BCUT2D eigenvalue weighted by Gasteiger charge is 2.23. The fourth-order valence-corrected chi connectivity index (χ4v) is 3.64. The maximum absolute atomic E-state index is 13.4. The molecule has 4 aromatic rings. The third-order valence-electron chi connectivity index (χ3n) is 5.24. The summed E-state index contributed by atoms with van der Waals surface area (Å²) in [6.45, 7) is 0.463. The van der Waals surface area contributed by atoms with Crippen molar-refractivity contribution in [3.05, 3.63) is 59.9 Å². The van der Waals surface area contributed by atoms with Crippen molar-refractivity contribution < 1.29 is 23.1 Å². The molecule has 192 valence electrons. The summed E-state index contributed by atoms with van der Waals surface area (Å²) < 4.78 is 42.6. The van der Waals surface area contributed by atoms with Gasteiger partial charge in [-0.15, -0.1) is 10.2 Å². The van der Waals surface area contributed by atoms with Crippen LogP contribution in [-0.4, -0.2) is 55.0 Å². The molecule has 0 fully saturated rings. The van der Waals surface area contributed by atoms with Crippen LogP contribution >= 0.6 is 0 Å². The zero-order valence-electron chi connectivity index (χ0n) is 23.4. The molecule has 0 bridgehead atoms. The van der Waals surface area contributed by atoms with E-state index in [-0.39, 0.29) is 28.8 Å². The number of aryl methyl sites for hydroxylation is 1. The number of anilines is 4. The van der Waals surface area contributed by atoms with Crippen LogP contribution in [0.3, 0.4) is 0 Å². The topological polar surface area (TPSA) is 152 Å². The summed E-state index contributed by atoms with van der Waals surface area (Å²) >= 11 is 0. The first-order valence-corrected chi connectivity index (χ1v) is 10.9. The predicted molar refractivity (Wildman–Crippen MR) is 134 cm³/mol. The van der Waals surface area contributed by atoms with Gasteiger partial charge in [-0.25, -0.2) is 14.4 Å². The molecule has 3 heterocycles. The first kappa shape index (κ1) is 21.6. The van der Waals surface area contributed by atoms with Gasteiger partial charge in [0.25, 0.3) is 5.91 Å². The number of ether oxygens (including phenoxy) is 1. The standard InChI is InChI=1S/C24H26FN9O3/c1-24(2,36)17-10-19(33-34(17)4)30-18-9-16(20(32-31-18)23(35)26-3)29-15-8-6-7-14(21(15)37-5)22-27-11-13(25)12-28-22/h6-12,36H,1-5H3,(H,26,35)(H2,29,30,31,33)/i3D3. The van der Waals surface area contributed by atoms with E-state index in [0.29, 0.717) is 22.8 Å². The van der Waals surface area contributed by atoms with Gasteiger partial charge in [-0.2, -0.15) is 5.10 Å². The second kappa shape index (κ2) is 10.1. The molecule has 4 N–H and O–H groups in total. The summed E-state index contributed by atoms with van der Waals surface area (Å²) in [4.78, 5) is 20.8. The number of aromatic nitrogens is 6. The number of benzene rings is 1. The van der Waals surface area contributed by atoms with Crippen LogP contribution in [0.25, 0.3) is 11.4 Å². The fraction of sp³-hybridized carbons (Fsp3) is 0.250. The van der Waals surface area contributed by atoms with E-state index in [2.05, 4.69) is 35.9 Å². The summed E-state index contributed by atoms with van der Waals surface area (Å²) in [5.74, 6) is -0.650.